The smallest absolute Gasteiger partial charge is 0.265 e. The zero-order valence-corrected chi connectivity index (χ0v) is 14.9. The first-order valence-electron chi connectivity index (χ1n) is 8.44. The summed E-state index contributed by atoms with van der Waals surface area (Å²) < 4.78 is 0. The van der Waals surface area contributed by atoms with Gasteiger partial charge in [0, 0.05) is 25.5 Å². The molecule has 3 rings (SSSR count). The van der Waals surface area contributed by atoms with Crippen LogP contribution in [0.3, 0.4) is 0 Å². The highest BCUT2D eigenvalue weighted by Gasteiger charge is 2.39. The lowest BCUT2D eigenvalue weighted by Crippen LogP contribution is -2.41. The van der Waals surface area contributed by atoms with Crippen LogP contribution >= 0.6 is 0 Å². The molecule has 0 saturated heterocycles. The number of carbonyl (C=O) groups is 1. The van der Waals surface area contributed by atoms with Crippen LogP contribution in [0, 0.1) is 0 Å². The van der Waals surface area contributed by atoms with Crippen molar-refractivity contribution in [2.75, 3.05) is 24.3 Å². The number of benzene rings is 3. The highest BCUT2D eigenvalue weighted by molar-refractivity contribution is 6.00. The Morgan fingerprint density at radius 2 is 1.27 bits per heavy atom. The van der Waals surface area contributed by atoms with Crippen molar-refractivity contribution in [1.82, 2.24) is 0 Å². The van der Waals surface area contributed by atoms with Gasteiger partial charge in [0.2, 0.25) is 0 Å². The molecule has 0 heterocycles. The van der Waals surface area contributed by atoms with Gasteiger partial charge < -0.3 is 15.3 Å². The molecule has 0 aromatic heterocycles. The molecule has 1 amide bonds. The number of anilines is 2. The first kappa shape index (κ1) is 17.7. The Kier molecular flexibility index (Phi) is 5.05. The Labute approximate surface area is 153 Å². The highest BCUT2D eigenvalue weighted by atomic mass is 16.3. The molecular weight excluding hydrogens is 324 g/mol. The standard InChI is InChI=1S/C22H22N2O2/c1-24(2)20-15-13-19(14-16-20)23-21(25)22(26,17-9-5-3-6-10-17)18-11-7-4-8-12-18/h3-16,26H,1-2H3,(H,23,25). The fourth-order valence-corrected chi connectivity index (χ4v) is 2.85. The van der Waals surface area contributed by atoms with Crippen molar-refractivity contribution in [1.29, 1.82) is 0 Å². The van der Waals surface area contributed by atoms with Gasteiger partial charge in [0.15, 0.2) is 5.60 Å². The van der Waals surface area contributed by atoms with Crippen LogP contribution in [-0.4, -0.2) is 25.1 Å². The average molecular weight is 346 g/mol. The van der Waals surface area contributed by atoms with Crippen molar-refractivity contribution >= 4 is 17.3 Å². The minimum atomic E-state index is -1.78. The second-order valence-electron chi connectivity index (χ2n) is 6.34. The van der Waals surface area contributed by atoms with Crippen molar-refractivity contribution in [2.45, 2.75) is 5.60 Å². The molecule has 0 unspecified atom stereocenters. The van der Waals surface area contributed by atoms with E-state index < -0.39 is 11.5 Å². The number of aliphatic hydroxyl groups is 1. The summed E-state index contributed by atoms with van der Waals surface area (Å²) in [6.07, 6.45) is 0. The second-order valence-corrected chi connectivity index (χ2v) is 6.34. The van der Waals surface area contributed by atoms with Gasteiger partial charge in [-0.3, -0.25) is 4.79 Å². The van der Waals surface area contributed by atoms with Gasteiger partial charge in [-0.15, -0.1) is 0 Å². The van der Waals surface area contributed by atoms with Crippen LogP contribution in [0.25, 0.3) is 0 Å². The van der Waals surface area contributed by atoms with Gasteiger partial charge in [0.1, 0.15) is 0 Å². The number of hydrogen-bond donors (Lipinski definition) is 2. The molecule has 0 fully saturated rings. The molecule has 0 aliphatic heterocycles. The molecular formula is C22H22N2O2. The van der Waals surface area contributed by atoms with E-state index in [0.29, 0.717) is 16.8 Å². The van der Waals surface area contributed by atoms with Crippen LogP contribution in [0.2, 0.25) is 0 Å². The zero-order chi connectivity index (χ0) is 18.6. The van der Waals surface area contributed by atoms with Crippen LogP contribution in [0.5, 0.6) is 0 Å². The molecule has 0 aliphatic rings. The number of nitrogens with zero attached hydrogens (tertiary/aromatic N) is 1. The Morgan fingerprint density at radius 3 is 1.69 bits per heavy atom. The maximum atomic E-state index is 13.1. The fraction of sp³-hybridized carbons (Fsp3) is 0.136. The Bertz CT molecular complexity index is 820. The summed E-state index contributed by atoms with van der Waals surface area (Å²) in [5.74, 6) is -0.493. The van der Waals surface area contributed by atoms with Crippen molar-refractivity contribution in [2.24, 2.45) is 0 Å². The predicted molar refractivity (Wildman–Crippen MR) is 105 cm³/mol. The summed E-state index contributed by atoms with van der Waals surface area (Å²) in [5.41, 5.74) is 0.931. The molecule has 3 aromatic carbocycles. The van der Waals surface area contributed by atoms with E-state index >= 15 is 0 Å². The van der Waals surface area contributed by atoms with Gasteiger partial charge in [-0.1, -0.05) is 60.7 Å². The van der Waals surface area contributed by atoms with E-state index in [1.807, 2.05) is 79.7 Å². The van der Waals surface area contributed by atoms with Gasteiger partial charge in [0.25, 0.3) is 5.91 Å². The molecule has 3 aromatic rings. The van der Waals surface area contributed by atoms with Crippen LogP contribution < -0.4 is 10.2 Å². The summed E-state index contributed by atoms with van der Waals surface area (Å²) in [7, 11) is 3.91. The monoisotopic (exact) mass is 346 g/mol. The van der Waals surface area contributed by atoms with Crippen molar-refractivity contribution < 1.29 is 9.90 Å². The fourth-order valence-electron chi connectivity index (χ4n) is 2.85. The molecule has 0 saturated carbocycles. The minimum Gasteiger partial charge on any atom is -0.378 e. The lowest BCUT2D eigenvalue weighted by molar-refractivity contribution is -0.131. The lowest BCUT2D eigenvalue weighted by Gasteiger charge is -2.28. The Balaban J connectivity index is 1.96. The van der Waals surface area contributed by atoms with Gasteiger partial charge in [-0.25, -0.2) is 0 Å². The third kappa shape index (κ3) is 3.46. The van der Waals surface area contributed by atoms with E-state index in [2.05, 4.69) is 5.32 Å². The molecule has 2 N–H and O–H groups in total. The molecule has 4 nitrogen and oxygen atoms in total. The normalized spacial score (nSPS) is 11.0. The first-order valence-corrected chi connectivity index (χ1v) is 8.44. The largest absolute Gasteiger partial charge is 0.378 e. The van der Waals surface area contributed by atoms with E-state index in [1.165, 1.54) is 0 Å². The number of amides is 1. The average Bonchev–Trinajstić information content (AvgIpc) is 2.69. The molecule has 0 aliphatic carbocycles. The molecule has 4 heteroatoms. The zero-order valence-electron chi connectivity index (χ0n) is 14.9. The van der Waals surface area contributed by atoms with Gasteiger partial charge in [-0.05, 0) is 35.4 Å². The van der Waals surface area contributed by atoms with Crippen LogP contribution in [-0.2, 0) is 10.4 Å². The number of rotatable bonds is 5. The Hall–Kier alpha value is -3.11. The summed E-state index contributed by atoms with van der Waals surface area (Å²) >= 11 is 0. The van der Waals surface area contributed by atoms with E-state index in [0.717, 1.165) is 5.69 Å². The van der Waals surface area contributed by atoms with E-state index in [1.54, 1.807) is 24.3 Å². The topological polar surface area (TPSA) is 52.6 Å². The van der Waals surface area contributed by atoms with E-state index in [9.17, 15) is 9.90 Å². The summed E-state index contributed by atoms with van der Waals surface area (Å²) in [4.78, 5) is 15.1. The minimum absolute atomic E-state index is 0.493. The number of carbonyl (C=O) groups excluding carboxylic acids is 1. The molecule has 0 radical (unpaired) electrons. The van der Waals surface area contributed by atoms with E-state index in [-0.39, 0.29) is 0 Å². The maximum Gasteiger partial charge on any atom is 0.265 e. The molecule has 0 bridgehead atoms. The van der Waals surface area contributed by atoms with Crippen molar-refractivity contribution in [3.8, 4) is 0 Å². The highest BCUT2D eigenvalue weighted by Crippen LogP contribution is 2.31. The van der Waals surface area contributed by atoms with Crippen LogP contribution in [0.1, 0.15) is 11.1 Å². The first-order chi connectivity index (χ1) is 12.5. The summed E-state index contributed by atoms with van der Waals surface area (Å²) in [5, 5.41) is 14.2. The Morgan fingerprint density at radius 1 is 0.808 bits per heavy atom. The SMILES string of the molecule is CN(C)c1ccc(NC(=O)C(O)(c2ccccc2)c2ccccc2)cc1. The summed E-state index contributed by atoms with van der Waals surface area (Å²) in [6.45, 7) is 0. The van der Waals surface area contributed by atoms with Gasteiger partial charge in [0.05, 0.1) is 0 Å². The van der Waals surface area contributed by atoms with E-state index in [4.69, 9.17) is 0 Å². The van der Waals surface area contributed by atoms with Crippen LogP contribution in [0.15, 0.2) is 84.9 Å². The molecule has 26 heavy (non-hydrogen) atoms. The number of hydrogen-bond acceptors (Lipinski definition) is 3. The summed E-state index contributed by atoms with van der Waals surface area (Å²) in [6, 6.07) is 25.4. The third-order valence-corrected chi connectivity index (χ3v) is 4.35. The van der Waals surface area contributed by atoms with Crippen molar-refractivity contribution in [3.63, 3.8) is 0 Å². The predicted octanol–water partition coefficient (Wildman–Crippen LogP) is 3.63. The maximum absolute atomic E-state index is 13.1. The second kappa shape index (κ2) is 7.42. The number of nitrogens with one attached hydrogen (secondary N) is 1. The molecule has 132 valence electrons. The van der Waals surface area contributed by atoms with Gasteiger partial charge >= 0.3 is 0 Å². The quantitative estimate of drug-likeness (QED) is 0.742. The van der Waals surface area contributed by atoms with Gasteiger partial charge in [-0.2, -0.15) is 0 Å². The lowest BCUT2D eigenvalue weighted by atomic mass is 9.85. The third-order valence-electron chi connectivity index (χ3n) is 4.35. The molecule has 0 atom stereocenters. The van der Waals surface area contributed by atoms with Crippen molar-refractivity contribution in [3.05, 3.63) is 96.1 Å². The van der Waals surface area contributed by atoms with Crippen LogP contribution in [0.4, 0.5) is 11.4 Å². The molecule has 0 spiro atoms.